The molecule has 0 amide bonds. The van der Waals surface area contributed by atoms with E-state index in [1.165, 1.54) is 18.4 Å². The third kappa shape index (κ3) is 3.43. The minimum atomic E-state index is -3.38. The minimum absolute atomic E-state index is 0.0605. The van der Waals surface area contributed by atoms with Gasteiger partial charge in [-0.2, -0.15) is 5.10 Å². The van der Waals surface area contributed by atoms with Crippen molar-refractivity contribution in [1.82, 2.24) is 14.1 Å². The summed E-state index contributed by atoms with van der Waals surface area (Å²) < 4.78 is 26.9. The van der Waals surface area contributed by atoms with Crippen LogP contribution in [-0.4, -0.2) is 36.6 Å². The molecule has 0 aliphatic carbocycles. The summed E-state index contributed by atoms with van der Waals surface area (Å²) in [6, 6.07) is 6.97. The van der Waals surface area contributed by atoms with Gasteiger partial charge in [-0.3, -0.25) is 4.68 Å². The maximum atomic E-state index is 12.0. The van der Waals surface area contributed by atoms with Crippen LogP contribution in [0.1, 0.15) is 18.5 Å². The molecule has 0 saturated heterocycles. The van der Waals surface area contributed by atoms with Gasteiger partial charge in [-0.15, -0.1) is 0 Å². The van der Waals surface area contributed by atoms with Crippen LogP contribution in [0.15, 0.2) is 41.6 Å². The fourth-order valence-corrected chi connectivity index (χ4v) is 2.87. The maximum absolute atomic E-state index is 12.0. The molecule has 2 rings (SSSR count). The molecule has 21 heavy (non-hydrogen) atoms. The largest absolute Gasteiger partial charge is 0.376 e. The molecule has 0 aliphatic rings. The first-order valence-corrected chi connectivity index (χ1v) is 8.02. The average molecular weight is 308 g/mol. The third-order valence-corrected chi connectivity index (χ3v) is 5.08. The highest BCUT2D eigenvalue weighted by atomic mass is 32.2. The molecule has 0 saturated carbocycles. The van der Waals surface area contributed by atoms with Gasteiger partial charge in [0.05, 0.1) is 16.8 Å². The maximum Gasteiger partial charge on any atom is 0.242 e. The van der Waals surface area contributed by atoms with Gasteiger partial charge >= 0.3 is 0 Å². The molecule has 0 radical (unpaired) electrons. The van der Waals surface area contributed by atoms with Gasteiger partial charge in [0.25, 0.3) is 0 Å². The molecule has 6 nitrogen and oxygen atoms in total. The summed E-state index contributed by atoms with van der Waals surface area (Å²) in [5.41, 5.74) is 1.94. The number of nitrogens with zero attached hydrogens (tertiary/aromatic N) is 3. The van der Waals surface area contributed by atoms with E-state index in [9.17, 15) is 8.42 Å². The summed E-state index contributed by atoms with van der Waals surface area (Å²) in [6.07, 6.45) is 3.64. The lowest BCUT2D eigenvalue weighted by molar-refractivity contribution is 0.520. The van der Waals surface area contributed by atoms with Gasteiger partial charge in [0.2, 0.25) is 10.0 Å². The Morgan fingerprint density at radius 1 is 1.24 bits per heavy atom. The van der Waals surface area contributed by atoms with Crippen LogP contribution in [-0.2, 0) is 17.1 Å². The third-order valence-electron chi connectivity index (χ3n) is 3.25. The zero-order valence-corrected chi connectivity index (χ0v) is 13.4. The van der Waals surface area contributed by atoms with Crippen molar-refractivity contribution in [3.8, 4) is 0 Å². The lowest BCUT2D eigenvalue weighted by Gasteiger charge is -2.16. The van der Waals surface area contributed by atoms with Gasteiger partial charge in [0.15, 0.2) is 0 Å². The Morgan fingerprint density at radius 3 is 2.33 bits per heavy atom. The summed E-state index contributed by atoms with van der Waals surface area (Å²) >= 11 is 0. The number of hydrogen-bond donors (Lipinski definition) is 1. The highest BCUT2D eigenvalue weighted by Crippen LogP contribution is 2.21. The molecule has 1 heterocycles. The summed E-state index contributed by atoms with van der Waals surface area (Å²) in [7, 11) is 1.53. The molecule has 2 aromatic rings. The second-order valence-corrected chi connectivity index (χ2v) is 7.28. The Kier molecular flexibility index (Phi) is 4.34. The van der Waals surface area contributed by atoms with Crippen LogP contribution in [0.4, 0.5) is 5.69 Å². The van der Waals surface area contributed by atoms with E-state index in [2.05, 4.69) is 10.4 Å². The number of sulfonamides is 1. The molecule has 7 heteroatoms. The molecule has 1 aromatic carbocycles. The number of aryl methyl sites for hydroxylation is 1. The minimum Gasteiger partial charge on any atom is -0.376 e. The van der Waals surface area contributed by atoms with Gasteiger partial charge in [-0.1, -0.05) is 12.1 Å². The van der Waals surface area contributed by atoms with Crippen molar-refractivity contribution in [2.24, 2.45) is 7.05 Å². The Morgan fingerprint density at radius 2 is 1.86 bits per heavy atom. The van der Waals surface area contributed by atoms with Crippen LogP contribution in [0.3, 0.4) is 0 Å². The number of aromatic nitrogens is 2. The monoisotopic (exact) mass is 308 g/mol. The second-order valence-electron chi connectivity index (χ2n) is 5.13. The van der Waals surface area contributed by atoms with Crippen molar-refractivity contribution in [1.29, 1.82) is 0 Å². The highest BCUT2D eigenvalue weighted by Gasteiger charge is 2.17. The molecular weight excluding hydrogens is 288 g/mol. The van der Waals surface area contributed by atoms with E-state index in [1.54, 1.807) is 23.0 Å². The van der Waals surface area contributed by atoms with Crippen molar-refractivity contribution in [2.45, 2.75) is 17.9 Å². The molecule has 114 valence electrons. The van der Waals surface area contributed by atoms with Crippen LogP contribution < -0.4 is 5.32 Å². The van der Waals surface area contributed by atoms with Crippen molar-refractivity contribution in [2.75, 3.05) is 19.4 Å². The Labute approximate surface area is 125 Å². The molecule has 0 bridgehead atoms. The van der Waals surface area contributed by atoms with E-state index in [4.69, 9.17) is 0 Å². The molecule has 1 N–H and O–H groups in total. The van der Waals surface area contributed by atoms with Crippen molar-refractivity contribution in [3.05, 3.63) is 42.2 Å². The van der Waals surface area contributed by atoms with E-state index in [0.717, 1.165) is 11.3 Å². The fraction of sp³-hybridized carbons (Fsp3) is 0.357. The van der Waals surface area contributed by atoms with Gasteiger partial charge in [-0.25, -0.2) is 12.7 Å². The predicted octanol–water partition coefficient (Wildman–Crippen LogP) is 1.84. The first-order chi connectivity index (χ1) is 9.80. The van der Waals surface area contributed by atoms with Crippen LogP contribution >= 0.6 is 0 Å². The van der Waals surface area contributed by atoms with Gasteiger partial charge in [0.1, 0.15) is 0 Å². The molecule has 0 aliphatic heterocycles. The molecule has 0 spiro atoms. The van der Waals surface area contributed by atoms with Crippen LogP contribution in [0.2, 0.25) is 0 Å². The Balaban J connectivity index is 2.15. The number of anilines is 1. The number of rotatable bonds is 5. The van der Waals surface area contributed by atoms with E-state index in [0.29, 0.717) is 4.90 Å². The van der Waals surface area contributed by atoms with Crippen LogP contribution in [0.25, 0.3) is 0 Å². The summed E-state index contributed by atoms with van der Waals surface area (Å²) in [4.78, 5) is 0.296. The van der Waals surface area contributed by atoms with Crippen LogP contribution in [0, 0.1) is 0 Å². The lowest BCUT2D eigenvalue weighted by Crippen LogP contribution is -2.22. The van der Waals surface area contributed by atoms with Gasteiger partial charge < -0.3 is 5.32 Å². The summed E-state index contributed by atoms with van der Waals surface area (Å²) in [6.45, 7) is 2.02. The summed E-state index contributed by atoms with van der Waals surface area (Å²) in [5.74, 6) is 0. The Bertz CT molecular complexity index is 705. The fourth-order valence-electron chi connectivity index (χ4n) is 1.97. The lowest BCUT2D eigenvalue weighted by atomic mass is 10.1. The Hall–Kier alpha value is -1.86. The van der Waals surface area contributed by atoms with E-state index < -0.39 is 10.0 Å². The van der Waals surface area contributed by atoms with E-state index >= 15 is 0 Å². The smallest absolute Gasteiger partial charge is 0.242 e. The SMILES string of the molecule is CC(Nc1cnn(C)c1)c1ccc(S(=O)(=O)N(C)C)cc1. The van der Waals surface area contributed by atoms with E-state index in [1.807, 2.05) is 32.3 Å². The van der Waals surface area contributed by atoms with Gasteiger partial charge in [0, 0.05) is 33.4 Å². The number of nitrogens with one attached hydrogen (secondary N) is 1. The molecule has 1 unspecified atom stereocenters. The molecular formula is C14H20N4O2S. The zero-order valence-electron chi connectivity index (χ0n) is 12.6. The van der Waals surface area contributed by atoms with Gasteiger partial charge in [-0.05, 0) is 24.6 Å². The second kappa shape index (κ2) is 5.87. The standard InChI is InChI=1S/C14H20N4O2S/c1-11(16-13-9-15-18(4)10-13)12-5-7-14(8-6-12)21(19,20)17(2)3/h5-11,16H,1-4H3. The van der Waals surface area contributed by atoms with E-state index in [-0.39, 0.29) is 6.04 Å². The van der Waals surface area contributed by atoms with Crippen molar-refractivity contribution >= 4 is 15.7 Å². The van der Waals surface area contributed by atoms with Crippen LogP contribution in [0.5, 0.6) is 0 Å². The average Bonchev–Trinajstić information content (AvgIpc) is 2.84. The number of benzene rings is 1. The first-order valence-electron chi connectivity index (χ1n) is 6.58. The quantitative estimate of drug-likeness (QED) is 0.915. The van der Waals surface area contributed by atoms with Crippen molar-refractivity contribution in [3.63, 3.8) is 0 Å². The topological polar surface area (TPSA) is 67.2 Å². The predicted molar refractivity (Wildman–Crippen MR) is 82.6 cm³/mol. The highest BCUT2D eigenvalue weighted by molar-refractivity contribution is 7.89. The molecule has 1 aromatic heterocycles. The zero-order chi connectivity index (χ0) is 15.6. The molecule has 0 fully saturated rings. The normalized spacial score (nSPS) is 13.4. The first kappa shape index (κ1) is 15.5. The van der Waals surface area contributed by atoms with Crippen molar-refractivity contribution < 1.29 is 8.42 Å². The molecule has 1 atom stereocenters. The number of hydrogen-bond acceptors (Lipinski definition) is 4. The summed E-state index contributed by atoms with van der Waals surface area (Å²) in [5, 5.41) is 7.42.